The maximum atomic E-state index is 12.5. The van der Waals surface area contributed by atoms with Crippen molar-refractivity contribution in [2.75, 3.05) is 18.5 Å². The summed E-state index contributed by atoms with van der Waals surface area (Å²) in [5.41, 5.74) is 4.17. The first-order chi connectivity index (χ1) is 15.7. The van der Waals surface area contributed by atoms with Crippen LogP contribution in [0, 0.1) is 0 Å². The molecule has 174 valence electrons. The monoisotopic (exact) mass is 437 g/mol. The lowest BCUT2D eigenvalue weighted by molar-refractivity contribution is 0.0495. The number of hydrogen-bond acceptors (Lipinski definition) is 4. The molecule has 0 bridgehead atoms. The van der Waals surface area contributed by atoms with Gasteiger partial charge in [-0.05, 0) is 54.9 Å². The number of benzene rings is 2. The third-order valence-corrected chi connectivity index (χ3v) is 6.24. The highest BCUT2D eigenvalue weighted by molar-refractivity contribution is 5.93. The Bertz CT molecular complexity index is 825. The molecule has 0 heterocycles. The van der Waals surface area contributed by atoms with Gasteiger partial charge in [0.2, 0.25) is 0 Å². The van der Waals surface area contributed by atoms with Gasteiger partial charge in [-0.15, -0.1) is 0 Å². The van der Waals surface area contributed by atoms with Gasteiger partial charge in [0.05, 0.1) is 13.2 Å². The van der Waals surface area contributed by atoms with Gasteiger partial charge in [0.15, 0.2) is 0 Å². The van der Waals surface area contributed by atoms with E-state index in [0.29, 0.717) is 24.5 Å². The van der Waals surface area contributed by atoms with Crippen molar-refractivity contribution in [2.45, 2.75) is 84.1 Å². The summed E-state index contributed by atoms with van der Waals surface area (Å²) in [7, 11) is 0. The van der Waals surface area contributed by atoms with E-state index in [9.17, 15) is 4.79 Å². The van der Waals surface area contributed by atoms with Crippen LogP contribution in [0.15, 0.2) is 42.5 Å². The van der Waals surface area contributed by atoms with Crippen LogP contribution in [0.2, 0.25) is 0 Å². The van der Waals surface area contributed by atoms with Crippen LogP contribution in [-0.2, 0) is 11.3 Å². The van der Waals surface area contributed by atoms with Crippen LogP contribution in [0.1, 0.15) is 99.0 Å². The fourth-order valence-electron chi connectivity index (χ4n) is 4.18. The molecule has 0 spiro atoms. The van der Waals surface area contributed by atoms with Crippen LogP contribution in [0.25, 0.3) is 0 Å². The van der Waals surface area contributed by atoms with E-state index in [0.717, 1.165) is 43.8 Å². The average molecular weight is 438 g/mol. The summed E-state index contributed by atoms with van der Waals surface area (Å²) in [6.45, 7) is 5.98. The third-order valence-electron chi connectivity index (χ3n) is 6.24. The second-order valence-electron chi connectivity index (χ2n) is 8.83. The van der Waals surface area contributed by atoms with Crippen LogP contribution in [0.3, 0.4) is 0 Å². The van der Waals surface area contributed by atoms with E-state index in [-0.39, 0.29) is 5.97 Å². The van der Waals surface area contributed by atoms with Gasteiger partial charge in [-0.1, -0.05) is 70.2 Å². The minimum Gasteiger partial charge on any atom is -0.493 e. The normalized spacial score (nSPS) is 14.2. The van der Waals surface area contributed by atoms with E-state index in [4.69, 9.17) is 9.47 Å². The quantitative estimate of drug-likeness (QED) is 0.276. The number of rotatable bonds is 12. The minimum atomic E-state index is -0.310. The molecule has 0 saturated heterocycles. The lowest BCUT2D eigenvalue weighted by Gasteiger charge is -2.22. The Hall–Kier alpha value is -2.49. The van der Waals surface area contributed by atoms with Crippen molar-refractivity contribution in [1.82, 2.24) is 0 Å². The molecule has 1 aliphatic rings. The van der Waals surface area contributed by atoms with Gasteiger partial charge in [0.25, 0.3) is 0 Å². The van der Waals surface area contributed by atoms with Crippen LogP contribution >= 0.6 is 0 Å². The summed E-state index contributed by atoms with van der Waals surface area (Å²) in [6, 6.07) is 14.7. The highest BCUT2D eigenvalue weighted by atomic mass is 16.5. The second kappa shape index (κ2) is 13.1. The van der Waals surface area contributed by atoms with Crippen molar-refractivity contribution < 1.29 is 14.3 Å². The van der Waals surface area contributed by atoms with E-state index in [1.165, 1.54) is 43.2 Å². The molecule has 2 aromatic carbocycles. The fourth-order valence-corrected chi connectivity index (χ4v) is 4.18. The molecule has 3 rings (SSSR count). The Morgan fingerprint density at radius 3 is 2.38 bits per heavy atom. The first kappa shape index (κ1) is 24.2. The van der Waals surface area contributed by atoms with Gasteiger partial charge >= 0.3 is 5.97 Å². The number of unbranched alkanes of at least 4 members (excludes halogenated alkanes) is 2. The van der Waals surface area contributed by atoms with Gasteiger partial charge in [0.1, 0.15) is 11.3 Å². The number of nitrogens with one attached hydrogen (secondary N) is 1. The van der Waals surface area contributed by atoms with Gasteiger partial charge in [-0.2, -0.15) is 0 Å². The third kappa shape index (κ3) is 7.29. The van der Waals surface area contributed by atoms with Crippen LogP contribution in [0.5, 0.6) is 5.75 Å². The summed E-state index contributed by atoms with van der Waals surface area (Å²) < 4.78 is 11.3. The molecular weight excluding hydrogens is 398 g/mol. The molecule has 0 aromatic heterocycles. The Balaban J connectivity index is 1.62. The maximum Gasteiger partial charge on any atom is 0.341 e. The van der Waals surface area contributed by atoms with E-state index in [2.05, 4.69) is 43.4 Å². The van der Waals surface area contributed by atoms with Crippen molar-refractivity contribution in [3.05, 3.63) is 59.2 Å². The smallest absolute Gasteiger partial charge is 0.341 e. The molecule has 32 heavy (non-hydrogen) atoms. The van der Waals surface area contributed by atoms with Crippen molar-refractivity contribution >= 4 is 11.7 Å². The first-order valence-electron chi connectivity index (χ1n) is 12.5. The number of hydrogen-bond donors (Lipinski definition) is 1. The number of carbonyl (C=O) groups excluding carboxylic acids is 1. The molecular formula is C28H39NO3. The van der Waals surface area contributed by atoms with Crippen LogP contribution in [-0.4, -0.2) is 19.2 Å². The van der Waals surface area contributed by atoms with E-state index in [1.807, 2.05) is 18.2 Å². The van der Waals surface area contributed by atoms with Gasteiger partial charge in [-0.3, -0.25) is 0 Å². The number of ether oxygens (including phenoxy) is 2. The van der Waals surface area contributed by atoms with Gasteiger partial charge < -0.3 is 14.8 Å². The molecule has 1 N–H and O–H groups in total. The SMILES string of the molecule is CCCCOC(=O)c1ccc(NCc2ccc(C3CCCCC3)cc2)cc1OCCCC. The lowest BCUT2D eigenvalue weighted by Crippen LogP contribution is -2.10. The number of carbonyl (C=O) groups is 1. The zero-order chi connectivity index (χ0) is 22.6. The Morgan fingerprint density at radius 2 is 1.66 bits per heavy atom. The highest BCUT2D eigenvalue weighted by Gasteiger charge is 2.16. The largest absolute Gasteiger partial charge is 0.493 e. The number of esters is 1. The molecule has 0 aliphatic heterocycles. The Kier molecular flexibility index (Phi) is 9.93. The van der Waals surface area contributed by atoms with Gasteiger partial charge in [-0.25, -0.2) is 4.79 Å². The molecule has 2 aromatic rings. The summed E-state index contributed by atoms with van der Waals surface area (Å²) in [5, 5.41) is 3.48. The first-order valence-corrected chi connectivity index (χ1v) is 12.5. The molecule has 0 unspecified atom stereocenters. The maximum absolute atomic E-state index is 12.5. The lowest BCUT2D eigenvalue weighted by atomic mass is 9.84. The minimum absolute atomic E-state index is 0.310. The molecule has 1 aliphatic carbocycles. The zero-order valence-corrected chi connectivity index (χ0v) is 19.8. The summed E-state index contributed by atoms with van der Waals surface area (Å²) in [6.07, 6.45) is 10.6. The second-order valence-corrected chi connectivity index (χ2v) is 8.83. The Labute approximate surface area is 193 Å². The summed E-state index contributed by atoms with van der Waals surface area (Å²) in [5.74, 6) is 1.02. The molecule has 0 amide bonds. The Morgan fingerprint density at radius 1 is 0.938 bits per heavy atom. The zero-order valence-electron chi connectivity index (χ0n) is 19.8. The predicted molar refractivity (Wildman–Crippen MR) is 132 cm³/mol. The van der Waals surface area contributed by atoms with Gasteiger partial charge in [0, 0.05) is 18.3 Å². The molecule has 4 heteroatoms. The van der Waals surface area contributed by atoms with Crippen molar-refractivity contribution in [3.63, 3.8) is 0 Å². The molecule has 0 radical (unpaired) electrons. The molecule has 1 fully saturated rings. The topological polar surface area (TPSA) is 47.6 Å². The van der Waals surface area contributed by atoms with E-state index in [1.54, 1.807) is 0 Å². The predicted octanol–water partition coefficient (Wildman–Crippen LogP) is 7.48. The van der Waals surface area contributed by atoms with Crippen molar-refractivity contribution in [2.24, 2.45) is 0 Å². The summed E-state index contributed by atoms with van der Waals surface area (Å²) >= 11 is 0. The summed E-state index contributed by atoms with van der Waals surface area (Å²) in [4.78, 5) is 12.5. The fraction of sp³-hybridized carbons (Fsp3) is 0.536. The molecule has 1 saturated carbocycles. The number of anilines is 1. The molecule has 4 nitrogen and oxygen atoms in total. The van der Waals surface area contributed by atoms with Crippen LogP contribution < -0.4 is 10.1 Å². The van der Waals surface area contributed by atoms with E-state index < -0.39 is 0 Å². The van der Waals surface area contributed by atoms with Crippen molar-refractivity contribution in [1.29, 1.82) is 0 Å². The van der Waals surface area contributed by atoms with Crippen molar-refractivity contribution in [3.8, 4) is 5.75 Å². The van der Waals surface area contributed by atoms with E-state index >= 15 is 0 Å². The average Bonchev–Trinajstić information content (AvgIpc) is 2.84. The molecule has 0 atom stereocenters. The van der Waals surface area contributed by atoms with Crippen LogP contribution in [0.4, 0.5) is 5.69 Å². The highest BCUT2D eigenvalue weighted by Crippen LogP contribution is 2.32. The standard InChI is InChI=1S/C28H39NO3/c1-3-5-18-31-27-20-25(16-17-26(27)28(30)32-19-6-4-2)29-21-22-12-14-24(15-13-22)23-10-8-7-9-11-23/h12-17,20,23,29H,3-11,18-19,21H2,1-2H3.